The first-order valence-electron chi connectivity index (χ1n) is 9.18. The molecule has 0 amide bonds. The van der Waals surface area contributed by atoms with Crippen molar-refractivity contribution in [2.24, 2.45) is 4.99 Å². The smallest absolute Gasteiger partial charge is 0.191 e. The van der Waals surface area contributed by atoms with Crippen LogP contribution in [0.5, 0.6) is 0 Å². The van der Waals surface area contributed by atoms with E-state index in [4.69, 9.17) is 0 Å². The summed E-state index contributed by atoms with van der Waals surface area (Å²) in [5.74, 6) is 1.83. The minimum atomic E-state index is 0. The van der Waals surface area contributed by atoms with E-state index in [9.17, 15) is 0 Å². The number of nitrogens with one attached hydrogen (secondary N) is 2. The zero-order valence-corrected chi connectivity index (χ0v) is 20.1. The van der Waals surface area contributed by atoms with Crippen LogP contribution in [-0.2, 0) is 12.0 Å². The number of nitrogens with zero attached hydrogens (tertiary/aromatic N) is 3. The molecule has 0 saturated heterocycles. The SMILES string of the molecule is CCN(CC)c1ccc(CNC(=NC)NCC(C)(C)c2cccs2)cn1.I. The molecule has 2 aromatic rings. The molecule has 2 N–H and O–H groups in total. The fraction of sp³-hybridized carbons (Fsp3) is 0.500. The molecule has 150 valence electrons. The number of pyridine rings is 1. The topological polar surface area (TPSA) is 52.5 Å². The van der Waals surface area contributed by atoms with Crippen LogP contribution in [-0.4, -0.2) is 37.6 Å². The van der Waals surface area contributed by atoms with E-state index in [1.165, 1.54) is 4.88 Å². The molecule has 0 radical (unpaired) electrons. The molecule has 0 atom stereocenters. The third-order valence-electron chi connectivity index (χ3n) is 4.47. The zero-order valence-electron chi connectivity index (χ0n) is 17.0. The number of anilines is 1. The Morgan fingerprint density at radius 2 is 1.93 bits per heavy atom. The van der Waals surface area contributed by atoms with Gasteiger partial charge in [-0.1, -0.05) is 26.0 Å². The minimum absolute atomic E-state index is 0. The Morgan fingerprint density at radius 1 is 1.19 bits per heavy atom. The van der Waals surface area contributed by atoms with Crippen LogP contribution in [0.25, 0.3) is 0 Å². The number of hydrogen-bond donors (Lipinski definition) is 2. The summed E-state index contributed by atoms with van der Waals surface area (Å²) in [5.41, 5.74) is 1.21. The normalized spacial score (nSPS) is 11.7. The van der Waals surface area contributed by atoms with Crippen LogP contribution in [0.2, 0.25) is 0 Å². The lowest BCUT2D eigenvalue weighted by Gasteiger charge is -2.25. The van der Waals surface area contributed by atoms with E-state index in [0.717, 1.165) is 37.0 Å². The van der Waals surface area contributed by atoms with Crippen LogP contribution in [0.15, 0.2) is 40.8 Å². The third-order valence-corrected chi connectivity index (χ3v) is 5.70. The summed E-state index contributed by atoms with van der Waals surface area (Å²) in [6.45, 7) is 12.2. The van der Waals surface area contributed by atoms with Crippen molar-refractivity contribution in [1.29, 1.82) is 0 Å². The average Bonchev–Trinajstić information content (AvgIpc) is 3.20. The van der Waals surface area contributed by atoms with Gasteiger partial charge >= 0.3 is 0 Å². The Labute approximate surface area is 184 Å². The van der Waals surface area contributed by atoms with Crippen molar-refractivity contribution in [2.45, 2.75) is 39.7 Å². The summed E-state index contributed by atoms with van der Waals surface area (Å²) >= 11 is 1.79. The molecule has 0 aliphatic rings. The Balaban J connectivity index is 0.00000364. The number of rotatable bonds is 8. The maximum Gasteiger partial charge on any atom is 0.191 e. The van der Waals surface area contributed by atoms with E-state index >= 15 is 0 Å². The lowest BCUT2D eigenvalue weighted by molar-refractivity contribution is 0.518. The number of thiophene rings is 1. The minimum Gasteiger partial charge on any atom is -0.357 e. The molecule has 0 aliphatic carbocycles. The largest absolute Gasteiger partial charge is 0.357 e. The van der Waals surface area contributed by atoms with Crippen LogP contribution in [0.1, 0.15) is 38.1 Å². The van der Waals surface area contributed by atoms with E-state index in [1.807, 2.05) is 6.20 Å². The van der Waals surface area contributed by atoms with Gasteiger partial charge in [0.05, 0.1) is 0 Å². The Morgan fingerprint density at radius 3 is 2.44 bits per heavy atom. The highest BCUT2D eigenvalue weighted by molar-refractivity contribution is 14.0. The molecular formula is C20H32IN5S. The Bertz CT molecular complexity index is 679. The zero-order chi connectivity index (χ0) is 19.0. The van der Waals surface area contributed by atoms with Gasteiger partial charge in [0.2, 0.25) is 0 Å². The van der Waals surface area contributed by atoms with Gasteiger partial charge in [-0.3, -0.25) is 4.99 Å². The van der Waals surface area contributed by atoms with Crippen molar-refractivity contribution >= 4 is 47.1 Å². The summed E-state index contributed by atoms with van der Waals surface area (Å²) in [5, 5.41) is 8.93. The quantitative estimate of drug-likeness (QED) is 0.323. The van der Waals surface area contributed by atoms with Crippen molar-refractivity contribution in [3.05, 3.63) is 46.3 Å². The van der Waals surface area contributed by atoms with Gasteiger partial charge < -0.3 is 15.5 Å². The van der Waals surface area contributed by atoms with Crippen LogP contribution in [0.3, 0.4) is 0 Å². The molecular weight excluding hydrogens is 469 g/mol. The van der Waals surface area contributed by atoms with Crippen molar-refractivity contribution in [2.75, 3.05) is 31.6 Å². The molecule has 2 heterocycles. The van der Waals surface area contributed by atoms with Crippen LogP contribution < -0.4 is 15.5 Å². The van der Waals surface area contributed by atoms with Crippen LogP contribution >= 0.6 is 35.3 Å². The second kappa shape index (κ2) is 11.5. The number of hydrogen-bond acceptors (Lipinski definition) is 4. The molecule has 2 aromatic heterocycles. The molecule has 7 heteroatoms. The molecule has 0 spiro atoms. The monoisotopic (exact) mass is 501 g/mol. The van der Waals surface area contributed by atoms with Gasteiger partial charge in [-0.2, -0.15) is 0 Å². The summed E-state index contributed by atoms with van der Waals surface area (Å²) in [7, 11) is 1.80. The van der Waals surface area contributed by atoms with E-state index in [-0.39, 0.29) is 29.4 Å². The van der Waals surface area contributed by atoms with Crippen molar-refractivity contribution in [3.63, 3.8) is 0 Å². The molecule has 5 nitrogen and oxygen atoms in total. The molecule has 0 saturated carbocycles. The summed E-state index contributed by atoms with van der Waals surface area (Å²) in [4.78, 5) is 12.5. The van der Waals surface area contributed by atoms with E-state index in [2.05, 4.69) is 82.9 Å². The number of aromatic nitrogens is 1. The van der Waals surface area contributed by atoms with E-state index in [0.29, 0.717) is 6.54 Å². The Hall–Kier alpha value is -1.35. The fourth-order valence-corrected chi connectivity index (χ4v) is 3.57. The van der Waals surface area contributed by atoms with Gasteiger partial charge in [-0.25, -0.2) is 4.98 Å². The molecule has 0 bridgehead atoms. The van der Waals surface area contributed by atoms with Crippen LogP contribution in [0.4, 0.5) is 5.82 Å². The highest BCUT2D eigenvalue weighted by Crippen LogP contribution is 2.26. The van der Waals surface area contributed by atoms with Gasteiger partial charge in [0.1, 0.15) is 5.82 Å². The van der Waals surface area contributed by atoms with Crippen molar-refractivity contribution in [3.8, 4) is 0 Å². The lowest BCUT2D eigenvalue weighted by atomic mass is 9.91. The van der Waals surface area contributed by atoms with Gasteiger partial charge in [-0.15, -0.1) is 35.3 Å². The third kappa shape index (κ3) is 6.95. The lowest BCUT2D eigenvalue weighted by Crippen LogP contribution is -2.42. The van der Waals surface area contributed by atoms with E-state index < -0.39 is 0 Å². The Kier molecular flexibility index (Phi) is 10.1. The fourth-order valence-electron chi connectivity index (χ4n) is 2.72. The molecule has 0 fully saturated rings. The number of aliphatic imine (C=N–C) groups is 1. The standard InChI is InChI=1S/C20H31N5S.HI/c1-6-25(7-2)18-11-10-16(13-22-18)14-23-19(21-5)24-15-20(3,4)17-9-8-12-26-17;/h8-13H,6-7,14-15H2,1-5H3,(H2,21,23,24);1H. The highest BCUT2D eigenvalue weighted by atomic mass is 127. The number of halogens is 1. The van der Waals surface area contributed by atoms with Crippen molar-refractivity contribution < 1.29 is 0 Å². The average molecular weight is 501 g/mol. The predicted molar refractivity (Wildman–Crippen MR) is 129 cm³/mol. The van der Waals surface area contributed by atoms with Gasteiger partial charge in [0, 0.05) is 49.7 Å². The van der Waals surface area contributed by atoms with Crippen molar-refractivity contribution in [1.82, 2.24) is 15.6 Å². The second-order valence-electron chi connectivity index (χ2n) is 6.84. The predicted octanol–water partition coefficient (Wildman–Crippen LogP) is 4.25. The maximum atomic E-state index is 4.57. The van der Waals surface area contributed by atoms with Gasteiger partial charge in [-0.05, 0) is 36.9 Å². The van der Waals surface area contributed by atoms with Gasteiger partial charge in [0.15, 0.2) is 5.96 Å². The summed E-state index contributed by atoms with van der Waals surface area (Å²) in [6, 6.07) is 8.49. The maximum absolute atomic E-state index is 4.57. The second-order valence-corrected chi connectivity index (χ2v) is 7.79. The first kappa shape index (κ1) is 23.7. The van der Waals surface area contributed by atoms with Crippen LogP contribution in [0, 0.1) is 0 Å². The summed E-state index contributed by atoms with van der Waals surface area (Å²) < 4.78 is 0. The molecule has 0 aromatic carbocycles. The van der Waals surface area contributed by atoms with E-state index in [1.54, 1.807) is 18.4 Å². The molecule has 27 heavy (non-hydrogen) atoms. The summed E-state index contributed by atoms with van der Waals surface area (Å²) in [6.07, 6.45) is 1.93. The number of guanidine groups is 1. The van der Waals surface area contributed by atoms with Gasteiger partial charge in [0.25, 0.3) is 0 Å². The molecule has 0 aliphatic heterocycles. The first-order valence-corrected chi connectivity index (χ1v) is 10.1. The molecule has 2 rings (SSSR count). The first-order chi connectivity index (χ1) is 12.5. The highest BCUT2D eigenvalue weighted by Gasteiger charge is 2.21. The molecule has 0 unspecified atom stereocenters.